The van der Waals surface area contributed by atoms with Crippen LogP contribution in [0.5, 0.6) is 17.2 Å². The summed E-state index contributed by atoms with van der Waals surface area (Å²) in [7, 11) is 6.46. The lowest BCUT2D eigenvalue weighted by molar-refractivity contribution is -0.158. The number of amides is 2. The van der Waals surface area contributed by atoms with Crippen LogP contribution >= 0.6 is 0 Å². The molecule has 0 aromatic heterocycles. The maximum absolute atomic E-state index is 13.4. The predicted octanol–water partition coefficient (Wildman–Crippen LogP) is 4.56. The number of methoxy groups -OCH3 is 3. The Hall–Kier alpha value is -3.66. The standard InChI is InChI=1S/C30H38N2O5/c1-7-8-9-10-11-12-17-32-21(2)29(33)31(3)25(30(32)34)18-22-13-15-23(16-14-22)24-19-26(35-4)28(37-6)27(20-24)36-5/h13-16,19-21,25H,7-10,17-18H2,1-6H3/t21-,25-/m0/s1. The zero-order valence-electron chi connectivity index (χ0n) is 22.8. The number of carbonyl (C=O) groups is 2. The molecule has 1 heterocycles. The van der Waals surface area contributed by atoms with Crippen molar-refractivity contribution in [1.82, 2.24) is 9.80 Å². The Bertz CT molecular complexity index is 1120. The van der Waals surface area contributed by atoms with Crippen molar-refractivity contribution in [2.24, 2.45) is 0 Å². The Morgan fingerprint density at radius 3 is 2.08 bits per heavy atom. The lowest BCUT2D eigenvalue weighted by atomic mass is 9.96. The van der Waals surface area contributed by atoms with E-state index in [9.17, 15) is 9.59 Å². The topological polar surface area (TPSA) is 68.3 Å². The van der Waals surface area contributed by atoms with Crippen LogP contribution in [0, 0.1) is 11.8 Å². The van der Waals surface area contributed by atoms with E-state index < -0.39 is 12.1 Å². The maximum Gasteiger partial charge on any atom is 0.247 e. The van der Waals surface area contributed by atoms with Gasteiger partial charge in [0.05, 0.1) is 27.9 Å². The number of rotatable bonds is 10. The molecule has 0 unspecified atom stereocenters. The SMILES string of the molecule is CCCCCC#CCN1C(=O)[C@H](Cc2ccc(-c3cc(OC)c(OC)c(OC)c3)cc2)N(C)C(=O)[C@@H]1C. The van der Waals surface area contributed by atoms with Crippen LogP contribution < -0.4 is 14.2 Å². The third-order valence-electron chi connectivity index (χ3n) is 6.87. The molecule has 0 N–H and O–H groups in total. The number of likely N-dealkylation sites (N-methyl/N-ethyl adjacent to an activating group) is 1. The predicted molar refractivity (Wildman–Crippen MR) is 145 cm³/mol. The van der Waals surface area contributed by atoms with Crippen LogP contribution in [0.25, 0.3) is 11.1 Å². The van der Waals surface area contributed by atoms with Gasteiger partial charge in [0, 0.05) is 19.9 Å². The van der Waals surface area contributed by atoms with Crippen LogP contribution in [0.3, 0.4) is 0 Å². The number of hydrogen-bond acceptors (Lipinski definition) is 5. The summed E-state index contributed by atoms with van der Waals surface area (Å²) in [5.41, 5.74) is 2.85. The Kier molecular flexibility index (Phi) is 9.85. The molecule has 0 spiro atoms. The number of ether oxygens (including phenoxy) is 3. The molecule has 198 valence electrons. The fourth-order valence-electron chi connectivity index (χ4n) is 4.57. The van der Waals surface area contributed by atoms with Gasteiger partial charge < -0.3 is 24.0 Å². The lowest BCUT2D eigenvalue weighted by Crippen LogP contribution is -2.63. The summed E-state index contributed by atoms with van der Waals surface area (Å²) in [6.07, 6.45) is 4.61. The van der Waals surface area contributed by atoms with E-state index in [0.29, 0.717) is 23.7 Å². The van der Waals surface area contributed by atoms with Crippen molar-refractivity contribution in [3.05, 3.63) is 42.0 Å². The minimum atomic E-state index is -0.558. The molecule has 0 saturated carbocycles. The fraction of sp³-hybridized carbons (Fsp3) is 0.467. The zero-order valence-corrected chi connectivity index (χ0v) is 22.8. The first-order valence-electron chi connectivity index (χ1n) is 12.8. The number of hydrogen-bond donors (Lipinski definition) is 0. The molecule has 1 saturated heterocycles. The Morgan fingerprint density at radius 1 is 0.865 bits per heavy atom. The van der Waals surface area contributed by atoms with Gasteiger partial charge in [-0.25, -0.2) is 0 Å². The number of benzene rings is 2. The third-order valence-corrected chi connectivity index (χ3v) is 6.87. The Morgan fingerprint density at radius 2 is 1.51 bits per heavy atom. The molecular weight excluding hydrogens is 468 g/mol. The number of nitrogens with zero attached hydrogens (tertiary/aromatic N) is 2. The molecule has 2 atom stereocenters. The highest BCUT2D eigenvalue weighted by Crippen LogP contribution is 2.41. The van der Waals surface area contributed by atoms with Gasteiger partial charge in [-0.3, -0.25) is 9.59 Å². The quantitative estimate of drug-likeness (QED) is 0.349. The molecule has 2 amide bonds. The molecule has 0 bridgehead atoms. The average Bonchev–Trinajstić information content (AvgIpc) is 2.92. The number of unbranched alkanes of at least 4 members (excludes halogenated alkanes) is 3. The molecule has 1 aliphatic heterocycles. The van der Waals surface area contributed by atoms with Crippen LogP contribution in [-0.2, 0) is 16.0 Å². The largest absolute Gasteiger partial charge is 0.493 e. The van der Waals surface area contributed by atoms with Gasteiger partial charge in [-0.2, -0.15) is 0 Å². The van der Waals surface area contributed by atoms with Crippen LogP contribution in [0.4, 0.5) is 0 Å². The summed E-state index contributed by atoms with van der Waals surface area (Å²) in [5, 5.41) is 0. The van der Waals surface area contributed by atoms with Crippen LogP contribution in [0.1, 0.15) is 45.1 Å². The van der Waals surface area contributed by atoms with Crippen molar-refractivity contribution in [3.8, 4) is 40.2 Å². The molecule has 7 nitrogen and oxygen atoms in total. The van der Waals surface area contributed by atoms with Crippen molar-refractivity contribution >= 4 is 11.8 Å². The van der Waals surface area contributed by atoms with E-state index in [2.05, 4.69) is 18.8 Å². The minimum absolute atomic E-state index is 0.0635. The zero-order chi connectivity index (χ0) is 26.9. The van der Waals surface area contributed by atoms with E-state index in [4.69, 9.17) is 14.2 Å². The van der Waals surface area contributed by atoms with Crippen molar-refractivity contribution in [2.75, 3.05) is 34.9 Å². The van der Waals surface area contributed by atoms with Gasteiger partial charge in [0.15, 0.2) is 11.5 Å². The van der Waals surface area contributed by atoms with E-state index >= 15 is 0 Å². The summed E-state index contributed by atoms with van der Waals surface area (Å²) < 4.78 is 16.4. The molecular formula is C30H38N2O5. The molecule has 0 aliphatic carbocycles. The van der Waals surface area contributed by atoms with E-state index in [-0.39, 0.29) is 18.4 Å². The first kappa shape index (κ1) is 27.9. The third kappa shape index (κ3) is 6.37. The summed E-state index contributed by atoms with van der Waals surface area (Å²) in [6.45, 7) is 4.21. The molecule has 2 aromatic rings. The maximum atomic E-state index is 13.4. The van der Waals surface area contributed by atoms with Gasteiger partial charge in [0.25, 0.3) is 0 Å². The van der Waals surface area contributed by atoms with Crippen molar-refractivity contribution in [1.29, 1.82) is 0 Å². The molecule has 3 rings (SSSR count). The van der Waals surface area contributed by atoms with Crippen molar-refractivity contribution in [2.45, 2.75) is 58.0 Å². The summed E-state index contributed by atoms with van der Waals surface area (Å²) in [6, 6.07) is 10.7. The number of carbonyl (C=O) groups excluding carboxylic acids is 2. The highest BCUT2D eigenvalue weighted by atomic mass is 16.5. The smallest absolute Gasteiger partial charge is 0.247 e. The van der Waals surface area contributed by atoms with Gasteiger partial charge in [-0.1, -0.05) is 50.0 Å². The van der Waals surface area contributed by atoms with Gasteiger partial charge in [0.1, 0.15) is 12.1 Å². The van der Waals surface area contributed by atoms with E-state index in [1.165, 1.54) is 0 Å². The molecule has 37 heavy (non-hydrogen) atoms. The molecule has 2 aromatic carbocycles. The van der Waals surface area contributed by atoms with Gasteiger partial charge in [0.2, 0.25) is 17.6 Å². The van der Waals surface area contributed by atoms with Crippen LogP contribution in [-0.4, -0.2) is 68.6 Å². The highest BCUT2D eigenvalue weighted by molar-refractivity contribution is 5.97. The summed E-state index contributed by atoms with van der Waals surface area (Å²) in [5.74, 6) is 7.83. The van der Waals surface area contributed by atoms with Crippen LogP contribution in [0.15, 0.2) is 36.4 Å². The van der Waals surface area contributed by atoms with Crippen molar-refractivity contribution in [3.63, 3.8) is 0 Å². The molecule has 1 fully saturated rings. The first-order valence-corrected chi connectivity index (χ1v) is 12.8. The van der Waals surface area contributed by atoms with Crippen molar-refractivity contribution < 1.29 is 23.8 Å². The average molecular weight is 507 g/mol. The minimum Gasteiger partial charge on any atom is -0.493 e. The summed E-state index contributed by atoms with van der Waals surface area (Å²) >= 11 is 0. The second kappa shape index (κ2) is 13.0. The van der Waals surface area contributed by atoms with E-state index in [1.54, 1.807) is 45.1 Å². The molecule has 0 radical (unpaired) electrons. The molecule has 7 heteroatoms. The Balaban J connectivity index is 1.76. The van der Waals surface area contributed by atoms with Gasteiger partial charge in [-0.05, 0) is 42.2 Å². The summed E-state index contributed by atoms with van der Waals surface area (Å²) in [4.78, 5) is 29.5. The first-order chi connectivity index (χ1) is 17.9. The lowest BCUT2D eigenvalue weighted by Gasteiger charge is -2.41. The van der Waals surface area contributed by atoms with Gasteiger partial charge >= 0.3 is 0 Å². The number of piperazine rings is 1. The van der Waals surface area contributed by atoms with Crippen LogP contribution in [0.2, 0.25) is 0 Å². The Labute approximate surface area is 220 Å². The fourth-order valence-corrected chi connectivity index (χ4v) is 4.57. The molecule has 1 aliphatic rings. The van der Waals surface area contributed by atoms with Gasteiger partial charge in [-0.15, -0.1) is 5.92 Å². The van der Waals surface area contributed by atoms with E-state index in [0.717, 1.165) is 42.4 Å². The van der Waals surface area contributed by atoms with E-state index in [1.807, 2.05) is 36.4 Å². The second-order valence-electron chi connectivity index (χ2n) is 9.23. The highest BCUT2D eigenvalue weighted by Gasteiger charge is 2.41. The normalized spacial score (nSPS) is 17.4. The second-order valence-corrected chi connectivity index (χ2v) is 9.23. The monoisotopic (exact) mass is 506 g/mol.